The number of benzene rings is 2. The Bertz CT molecular complexity index is 1160. The summed E-state index contributed by atoms with van der Waals surface area (Å²) in [6.07, 6.45) is 1.69. The number of carbonyl (C=O) groups excluding carboxylic acids is 2. The molecule has 162 valence electrons. The Hall–Kier alpha value is -3.68. The molecule has 0 fully saturated rings. The van der Waals surface area contributed by atoms with Crippen LogP contribution in [0.25, 0.3) is 10.8 Å². The molecule has 1 heterocycles. The lowest BCUT2D eigenvalue weighted by Crippen LogP contribution is -2.09. The minimum atomic E-state index is -0.735. The molecule has 2 N–H and O–H groups in total. The fourth-order valence-corrected chi connectivity index (χ4v) is 3.11. The number of hydrogen-bond acceptors (Lipinski definition) is 5. The number of amides is 2. The van der Waals surface area contributed by atoms with E-state index in [-0.39, 0.29) is 23.9 Å². The van der Waals surface area contributed by atoms with Crippen molar-refractivity contribution in [2.45, 2.75) is 40.2 Å². The number of rotatable bonds is 7. The predicted molar refractivity (Wildman–Crippen MR) is 116 cm³/mol. The molecule has 8 heteroatoms. The maximum atomic E-state index is 12.3. The van der Waals surface area contributed by atoms with Crippen molar-refractivity contribution in [3.63, 3.8) is 0 Å². The zero-order valence-electron chi connectivity index (χ0n) is 17.8. The third-order valence-electron chi connectivity index (χ3n) is 5.09. The first kappa shape index (κ1) is 22.0. The van der Waals surface area contributed by atoms with E-state index >= 15 is 0 Å². The van der Waals surface area contributed by atoms with Crippen molar-refractivity contribution in [1.82, 2.24) is 4.57 Å². The van der Waals surface area contributed by atoms with Gasteiger partial charge in [0, 0.05) is 22.9 Å². The van der Waals surface area contributed by atoms with E-state index < -0.39 is 11.8 Å². The lowest BCUT2D eigenvalue weighted by molar-refractivity contribution is -0.120. The van der Waals surface area contributed by atoms with E-state index in [1.807, 2.05) is 32.9 Å². The second-order valence-electron chi connectivity index (χ2n) is 7.35. The van der Waals surface area contributed by atoms with E-state index in [0.29, 0.717) is 23.1 Å². The number of azo groups is 1. The number of ether oxygens (including phenoxy) is 1. The summed E-state index contributed by atoms with van der Waals surface area (Å²) < 4.78 is 6.79. The second-order valence-corrected chi connectivity index (χ2v) is 7.35. The Balaban J connectivity index is 1.68. The van der Waals surface area contributed by atoms with Gasteiger partial charge in [-0.3, -0.25) is 14.2 Å². The van der Waals surface area contributed by atoms with Gasteiger partial charge in [0.1, 0.15) is 5.75 Å². The van der Waals surface area contributed by atoms with Crippen molar-refractivity contribution < 1.29 is 24.5 Å². The third-order valence-corrected chi connectivity index (χ3v) is 5.09. The Morgan fingerprint density at radius 3 is 2.42 bits per heavy atom. The standard InChI is InChI=1S/C23H25N3O5/c1-4-5-10-26-22(29)18-9-7-16(12-19(18)23(26)30)21(28)25-24-20(27)13-31-17-8-6-14(2)15(3)11-17/h6-9,11-12,29-30H,4-5,10,13H2,1-3H3. The van der Waals surface area contributed by atoms with Gasteiger partial charge in [-0.15, -0.1) is 10.2 Å². The molecule has 1 aromatic heterocycles. The molecule has 0 saturated carbocycles. The minimum Gasteiger partial charge on any atom is -0.494 e. The van der Waals surface area contributed by atoms with Crippen LogP contribution >= 0.6 is 0 Å². The molecule has 2 amide bonds. The molecule has 0 spiro atoms. The van der Waals surface area contributed by atoms with Gasteiger partial charge in [0.05, 0.1) is 0 Å². The first-order chi connectivity index (χ1) is 14.8. The van der Waals surface area contributed by atoms with Crippen LogP contribution in [0.5, 0.6) is 17.5 Å². The summed E-state index contributed by atoms with van der Waals surface area (Å²) in [7, 11) is 0. The molecule has 3 rings (SSSR count). The number of aryl methyl sites for hydroxylation is 2. The molecule has 0 saturated heterocycles. The van der Waals surface area contributed by atoms with Crippen LogP contribution in [-0.2, 0) is 11.3 Å². The molecule has 8 nitrogen and oxygen atoms in total. The first-order valence-corrected chi connectivity index (χ1v) is 10.0. The molecule has 0 bridgehead atoms. The molecule has 0 unspecified atom stereocenters. The van der Waals surface area contributed by atoms with Gasteiger partial charge in [-0.25, -0.2) is 0 Å². The molecule has 0 atom stereocenters. The molecule has 31 heavy (non-hydrogen) atoms. The van der Waals surface area contributed by atoms with Crippen molar-refractivity contribution in [2.75, 3.05) is 6.61 Å². The Morgan fingerprint density at radius 1 is 0.968 bits per heavy atom. The topological polar surface area (TPSA) is 113 Å². The fraction of sp³-hybridized carbons (Fsp3) is 0.304. The zero-order chi connectivity index (χ0) is 22.5. The minimum absolute atomic E-state index is 0.0553. The quantitative estimate of drug-likeness (QED) is 0.536. The number of aromatic nitrogens is 1. The molecular weight excluding hydrogens is 398 g/mol. The number of nitrogens with zero attached hydrogens (tertiary/aromatic N) is 3. The number of aromatic hydroxyl groups is 2. The summed E-state index contributed by atoms with van der Waals surface area (Å²) >= 11 is 0. The van der Waals surface area contributed by atoms with Gasteiger partial charge in [0.25, 0.3) is 5.91 Å². The van der Waals surface area contributed by atoms with Gasteiger partial charge < -0.3 is 14.9 Å². The highest BCUT2D eigenvalue weighted by Gasteiger charge is 2.17. The maximum absolute atomic E-state index is 12.3. The smallest absolute Gasteiger partial charge is 0.302 e. The van der Waals surface area contributed by atoms with Crippen molar-refractivity contribution in [1.29, 1.82) is 0 Å². The number of fused-ring (bicyclic) bond motifs is 1. The van der Waals surface area contributed by atoms with Crippen LogP contribution in [0.15, 0.2) is 46.6 Å². The van der Waals surface area contributed by atoms with Gasteiger partial charge in [0.2, 0.25) is 11.8 Å². The summed E-state index contributed by atoms with van der Waals surface area (Å²) in [6, 6.07) is 9.86. The number of hydrogen-bond donors (Lipinski definition) is 2. The van der Waals surface area contributed by atoms with Crippen molar-refractivity contribution in [3.8, 4) is 17.5 Å². The van der Waals surface area contributed by atoms with E-state index in [4.69, 9.17) is 4.74 Å². The summed E-state index contributed by atoms with van der Waals surface area (Å²) in [5, 5.41) is 28.3. The van der Waals surface area contributed by atoms with Crippen LogP contribution in [0.2, 0.25) is 0 Å². The van der Waals surface area contributed by atoms with E-state index in [2.05, 4.69) is 10.2 Å². The second kappa shape index (κ2) is 9.42. The van der Waals surface area contributed by atoms with Gasteiger partial charge in [-0.1, -0.05) is 19.4 Å². The molecule has 3 aromatic rings. The highest BCUT2D eigenvalue weighted by atomic mass is 16.5. The van der Waals surface area contributed by atoms with E-state index in [1.54, 1.807) is 6.07 Å². The lowest BCUT2D eigenvalue weighted by atomic mass is 10.1. The summed E-state index contributed by atoms with van der Waals surface area (Å²) in [5.74, 6) is -1.07. The lowest BCUT2D eigenvalue weighted by Gasteiger charge is -2.05. The Labute approximate surface area is 179 Å². The largest absolute Gasteiger partial charge is 0.494 e. The van der Waals surface area contributed by atoms with Crippen LogP contribution < -0.4 is 4.74 Å². The molecule has 0 radical (unpaired) electrons. The van der Waals surface area contributed by atoms with Crippen molar-refractivity contribution in [2.24, 2.45) is 10.2 Å². The zero-order valence-corrected chi connectivity index (χ0v) is 17.8. The number of unbranched alkanes of at least 4 members (excludes halogenated alkanes) is 1. The van der Waals surface area contributed by atoms with E-state index in [9.17, 15) is 19.8 Å². The highest BCUT2D eigenvalue weighted by molar-refractivity contribution is 6.02. The van der Waals surface area contributed by atoms with Crippen LogP contribution in [0.1, 0.15) is 41.3 Å². The van der Waals surface area contributed by atoms with Crippen LogP contribution in [0.4, 0.5) is 0 Å². The SMILES string of the molecule is CCCCn1c(O)c2ccc(C(=O)N=NC(=O)COc3ccc(C)c(C)c3)cc2c1O. The van der Waals surface area contributed by atoms with Crippen molar-refractivity contribution in [3.05, 3.63) is 53.1 Å². The summed E-state index contributed by atoms with van der Waals surface area (Å²) in [5.41, 5.74) is 2.29. The monoisotopic (exact) mass is 423 g/mol. The van der Waals surface area contributed by atoms with Gasteiger partial charge in [-0.05, 0) is 61.7 Å². The van der Waals surface area contributed by atoms with Gasteiger partial charge >= 0.3 is 5.91 Å². The predicted octanol–water partition coefficient (Wildman–Crippen LogP) is 4.67. The highest BCUT2D eigenvalue weighted by Crippen LogP contribution is 2.37. The average Bonchev–Trinajstić information content (AvgIpc) is 3.00. The third kappa shape index (κ3) is 4.91. The van der Waals surface area contributed by atoms with Crippen molar-refractivity contribution >= 4 is 22.6 Å². The van der Waals surface area contributed by atoms with E-state index in [1.165, 1.54) is 22.8 Å². The normalized spacial score (nSPS) is 11.3. The Kier molecular flexibility index (Phi) is 6.69. The number of carbonyl (C=O) groups is 2. The molecule has 2 aromatic carbocycles. The molecular formula is C23H25N3O5. The Morgan fingerprint density at radius 2 is 1.71 bits per heavy atom. The summed E-state index contributed by atoms with van der Waals surface area (Å²) in [6.45, 7) is 6.04. The summed E-state index contributed by atoms with van der Waals surface area (Å²) in [4.78, 5) is 24.2. The molecule has 0 aliphatic heterocycles. The maximum Gasteiger partial charge on any atom is 0.302 e. The van der Waals surface area contributed by atoms with Gasteiger partial charge in [0.15, 0.2) is 6.61 Å². The molecule has 0 aliphatic rings. The first-order valence-electron chi connectivity index (χ1n) is 10.0. The van der Waals surface area contributed by atoms with Crippen LogP contribution in [-0.4, -0.2) is 33.2 Å². The fourth-order valence-electron chi connectivity index (χ4n) is 3.11. The van der Waals surface area contributed by atoms with Crippen LogP contribution in [0.3, 0.4) is 0 Å². The van der Waals surface area contributed by atoms with Gasteiger partial charge in [-0.2, -0.15) is 0 Å². The average molecular weight is 423 g/mol. The van der Waals surface area contributed by atoms with E-state index in [0.717, 1.165) is 24.0 Å². The van der Waals surface area contributed by atoms with Crippen LogP contribution in [0, 0.1) is 13.8 Å². The molecule has 0 aliphatic carbocycles.